The Hall–Kier alpha value is -0.580. The van der Waals surface area contributed by atoms with Gasteiger partial charge in [-0.3, -0.25) is 0 Å². The van der Waals surface area contributed by atoms with E-state index in [0.29, 0.717) is 13.1 Å². The highest BCUT2D eigenvalue weighted by molar-refractivity contribution is 9.10. The van der Waals surface area contributed by atoms with Gasteiger partial charge in [0.2, 0.25) is 0 Å². The first-order valence-corrected chi connectivity index (χ1v) is 5.36. The second kappa shape index (κ2) is 4.29. The van der Waals surface area contributed by atoms with Crippen molar-refractivity contribution in [3.05, 3.63) is 28.7 Å². The Kier molecular flexibility index (Phi) is 3.05. The number of benzene rings is 1. The number of nitrogens with one attached hydrogen (secondary N) is 1. The molecule has 0 aromatic heterocycles. The number of aliphatic hydroxyl groups excluding tert-OH is 1. The monoisotopic (exact) mass is 257 g/mol. The van der Waals surface area contributed by atoms with E-state index < -0.39 is 6.10 Å². The molecule has 1 aliphatic heterocycles. The van der Waals surface area contributed by atoms with Gasteiger partial charge >= 0.3 is 0 Å². The fourth-order valence-corrected chi connectivity index (χ4v) is 1.85. The van der Waals surface area contributed by atoms with Gasteiger partial charge in [0.15, 0.2) is 0 Å². The van der Waals surface area contributed by atoms with Crippen molar-refractivity contribution < 1.29 is 9.84 Å². The molecule has 0 aliphatic carbocycles. The third-order valence-electron chi connectivity index (χ3n) is 2.21. The van der Waals surface area contributed by atoms with Gasteiger partial charge in [0.25, 0.3) is 0 Å². The van der Waals surface area contributed by atoms with E-state index in [-0.39, 0.29) is 6.10 Å². The third-order valence-corrected chi connectivity index (χ3v) is 2.70. The van der Waals surface area contributed by atoms with E-state index in [4.69, 9.17) is 4.74 Å². The lowest BCUT2D eigenvalue weighted by Gasteiger charge is -2.16. The predicted molar refractivity (Wildman–Crippen MR) is 57.4 cm³/mol. The molecule has 76 valence electrons. The molecule has 0 bridgehead atoms. The van der Waals surface area contributed by atoms with Gasteiger partial charge in [0, 0.05) is 17.6 Å². The topological polar surface area (TPSA) is 41.5 Å². The van der Waals surface area contributed by atoms with E-state index in [0.717, 1.165) is 10.2 Å². The van der Waals surface area contributed by atoms with Crippen molar-refractivity contribution in [2.24, 2.45) is 0 Å². The van der Waals surface area contributed by atoms with Gasteiger partial charge in [-0.1, -0.05) is 22.0 Å². The molecular formula is C10H12BrNO2. The van der Waals surface area contributed by atoms with Crippen LogP contribution < -0.4 is 10.1 Å². The lowest BCUT2D eigenvalue weighted by molar-refractivity contribution is 0.0737. The molecule has 1 aliphatic rings. The van der Waals surface area contributed by atoms with E-state index in [1.165, 1.54) is 0 Å². The highest BCUT2D eigenvalue weighted by Crippen LogP contribution is 2.20. The lowest BCUT2D eigenvalue weighted by atomic mass is 10.2. The first kappa shape index (κ1) is 9.96. The number of hydrogen-bond donors (Lipinski definition) is 2. The molecule has 1 saturated heterocycles. The molecule has 0 amide bonds. The van der Waals surface area contributed by atoms with E-state index in [1.54, 1.807) is 0 Å². The van der Waals surface area contributed by atoms with Crippen LogP contribution in [0.25, 0.3) is 0 Å². The van der Waals surface area contributed by atoms with E-state index >= 15 is 0 Å². The van der Waals surface area contributed by atoms with Crippen LogP contribution in [-0.2, 0) is 0 Å². The quantitative estimate of drug-likeness (QED) is 0.836. The average molecular weight is 258 g/mol. The first-order chi connectivity index (χ1) is 6.75. The van der Waals surface area contributed by atoms with Gasteiger partial charge in [-0.25, -0.2) is 0 Å². The fourth-order valence-electron chi connectivity index (χ4n) is 1.48. The summed E-state index contributed by atoms with van der Waals surface area (Å²) in [5.41, 5.74) is 0. The summed E-state index contributed by atoms with van der Waals surface area (Å²) in [6.45, 7) is 1.31. The third kappa shape index (κ3) is 2.26. The van der Waals surface area contributed by atoms with Crippen molar-refractivity contribution in [2.75, 3.05) is 13.1 Å². The van der Waals surface area contributed by atoms with Crippen LogP contribution in [-0.4, -0.2) is 30.4 Å². The Balaban J connectivity index is 2.03. The second-order valence-corrected chi connectivity index (χ2v) is 4.25. The molecule has 1 heterocycles. The van der Waals surface area contributed by atoms with Gasteiger partial charge < -0.3 is 15.2 Å². The summed E-state index contributed by atoms with van der Waals surface area (Å²) in [6.07, 6.45) is -0.543. The molecule has 1 aromatic carbocycles. The summed E-state index contributed by atoms with van der Waals surface area (Å²) >= 11 is 3.37. The zero-order valence-corrected chi connectivity index (χ0v) is 9.20. The minimum Gasteiger partial charge on any atom is -0.486 e. The zero-order chi connectivity index (χ0) is 9.97. The molecule has 4 heteroatoms. The molecule has 2 rings (SSSR count). The molecule has 1 aromatic rings. The van der Waals surface area contributed by atoms with Gasteiger partial charge in [-0.05, 0) is 18.2 Å². The van der Waals surface area contributed by atoms with Crippen molar-refractivity contribution in [3.8, 4) is 5.75 Å². The van der Waals surface area contributed by atoms with Crippen LogP contribution in [0.15, 0.2) is 28.7 Å². The van der Waals surface area contributed by atoms with E-state index in [2.05, 4.69) is 21.2 Å². The second-order valence-electron chi connectivity index (χ2n) is 3.34. The minimum absolute atomic E-state index is 0.135. The van der Waals surface area contributed by atoms with Crippen LogP contribution in [0.5, 0.6) is 5.75 Å². The number of halogens is 1. The number of rotatable bonds is 2. The Labute approximate surface area is 91.2 Å². The van der Waals surface area contributed by atoms with Crippen molar-refractivity contribution >= 4 is 15.9 Å². The van der Waals surface area contributed by atoms with Crippen LogP contribution >= 0.6 is 15.9 Å². The smallest absolute Gasteiger partial charge is 0.138 e. The predicted octanol–water partition coefficient (Wildman–Crippen LogP) is 1.16. The van der Waals surface area contributed by atoms with Gasteiger partial charge in [0.1, 0.15) is 18.0 Å². The number of ether oxygens (including phenoxy) is 1. The number of β-amino-alcohol motifs (C(OH)–C–C–N with tert-alkyl or cyclic N) is 1. The van der Waals surface area contributed by atoms with Crippen LogP contribution in [0.4, 0.5) is 0 Å². The highest BCUT2D eigenvalue weighted by atomic mass is 79.9. The SMILES string of the molecule is OC1CNCC1Oc1cccc(Br)c1. The molecule has 1 fully saturated rings. The lowest BCUT2D eigenvalue weighted by Crippen LogP contribution is -2.29. The van der Waals surface area contributed by atoms with Gasteiger partial charge in [-0.2, -0.15) is 0 Å². The Morgan fingerprint density at radius 3 is 2.93 bits per heavy atom. The Morgan fingerprint density at radius 2 is 2.29 bits per heavy atom. The maximum Gasteiger partial charge on any atom is 0.138 e. The zero-order valence-electron chi connectivity index (χ0n) is 7.61. The van der Waals surface area contributed by atoms with Crippen LogP contribution in [0, 0.1) is 0 Å². The average Bonchev–Trinajstić information content (AvgIpc) is 2.52. The molecule has 0 saturated carbocycles. The standard InChI is InChI=1S/C10H12BrNO2/c11-7-2-1-3-8(4-7)14-10-6-12-5-9(10)13/h1-4,9-10,12-13H,5-6H2. The van der Waals surface area contributed by atoms with Crippen molar-refractivity contribution in [1.82, 2.24) is 5.32 Å². The number of aliphatic hydroxyl groups is 1. The first-order valence-electron chi connectivity index (χ1n) is 4.57. The Bertz CT molecular complexity index is 319. The summed E-state index contributed by atoms with van der Waals surface area (Å²) in [4.78, 5) is 0. The molecule has 0 spiro atoms. The molecular weight excluding hydrogens is 246 g/mol. The molecule has 14 heavy (non-hydrogen) atoms. The molecule has 2 atom stereocenters. The highest BCUT2D eigenvalue weighted by Gasteiger charge is 2.26. The fraction of sp³-hybridized carbons (Fsp3) is 0.400. The van der Waals surface area contributed by atoms with E-state index in [9.17, 15) is 5.11 Å². The molecule has 0 radical (unpaired) electrons. The number of hydrogen-bond acceptors (Lipinski definition) is 3. The van der Waals surface area contributed by atoms with E-state index in [1.807, 2.05) is 24.3 Å². The van der Waals surface area contributed by atoms with Crippen molar-refractivity contribution in [1.29, 1.82) is 0 Å². The van der Waals surface area contributed by atoms with Crippen LogP contribution in [0.1, 0.15) is 0 Å². The van der Waals surface area contributed by atoms with Gasteiger partial charge in [0.05, 0.1) is 0 Å². The van der Waals surface area contributed by atoms with Gasteiger partial charge in [-0.15, -0.1) is 0 Å². The molecule has 2 unspecified atom stereocenters. The normalized spacial score (nSPS) is 26.4. The maximum absolute atomic E-state index is 9.52. The molecule has 2 N–H and O–H groups in total. The van der Waals surface area contributed by atoms with Crippen LogP contribution in [0.3, 0.4) is 0 Å². The largest absolute Gasteiger partial charge is 0.486 e. The summed E-state index contributed by atoms with van der Waals surface area (Å²) in [5.74, 6) is 0.784. The van der Waals surface area contributed by atoms with Crippen molar-refractivity contribution in [3.63, 3.8) is 0 Å². The summed E-state index contributed by atoms with van der Waals surface area (Å²) in [5, 5.41) is 12.6. The van der Waals surface area contributed by atoms with Crippen LogP contribution in [0.2, 0.25) is 0 Å². The summed E-state index contributed by atoms with van der Waals surface area (Å²) in [7, 11) is 0. The minimum atomic E-state index is -0.408. The summed E-state index contributed by atoms with van der Waals surface area (Å²) in [6, 6.07) is 7.63. The van der Waals surface area contributed by atoms with Crippen molar-refractivity contribution in [2.45, 2.75) is 12.2 Å². The Morgan fingerprint density at radius 1 is 1.43 bits per heavy atom. The summed E-state index contributed by atoms with van der Waals surface area (Å²) < 4.78 is 6.61. The molecule has 3 nitrogen and oxygen atoms in total. The maximum atomic E-state index is 9.52.